The highest BCUT2D eigenvalue weighted by atomic mass is 19.4. The molecule has 0 atom stereocenters. The lowest BCUT2D eigenvalue weighted by Gasteiger charge is -2.21. The van der Waals surface area contributed by atoms with Gasteiger partial charge in [0.2, 0.25) is 0 Å². The van der Waals surface area contributed by atoms with Crippen LogP contribution in [0.5, 0.6) is 0 Å². The molecule has 0 aromatic carbocycles. The molecule has 200 valence electrons. The first-order chi connectivity index (χ1) is 16.8. The van der Waals surface area contributed by atoms with Crippen molar-refractivity contribution in [2.24, 2.45) is 0 Å². The van der Waals surface area contributed by atoms with Crippen LogP contribution in [0.15, 0.2) is 29.3 Å². The second-order valence-corrected chi connectivity index (χ2v) is 7.83. The van der Waals surface area contributed by atoms with Crippen molar-refractivity contribution in [3.05, 3.63) is 41.7 Å². The van der Waals surface area contributed by atoms with E-state index in [1.54, 1.807) is 12.6 Å². The van der Waals surface area contributed by atoms with Gasteiger partial charge >= 0.3 is 24.3 Å². The van der Waals surface area contributed by atoms with Crippen molar-refractivity contribution in [3.8, 4) is 0 Å². The molecule has 2 N–H and O–H groups in total. The van der Waals surface area contributed by atoms with Crippen molar-refractivity contribution in [2.45, 2.75) is 44.6 Å². The van der Waals surface area contributed by atoms with Crippen molar-refractivity contribution in [1.29, 1.82) is 0 Å². The van der Waals surface area contributed by atoms with Crippen LogP contribution in [0.2, 0.25) is 0 Å². The Labute approximate surface area is 201 Å². The average molecular weight is 526 g/mol. The number of furan rings is 1. The number of anilines is 1. The van der Waals surface area contributed by atoms with Crippen LogP contribution in [0, 0.1) is 0 Å². The Hall–Kier alpha value is -3.36. The summed E-state index contributed by atoms with van der Waals surface area (Å²) in [5, 5.41) is 14.2. The van der Waals surface area contributed by atoms with Crippen molar-refractivity contribution >= 4 is 17.8 Å². The van der Waals surface area contributed by atoms with Crippen LogP contribution in [-0.4, -0.2) is 75.6 Å². The van der Waals surface area contributed by atoms with Gasteiger partial charge in [-0.2, -0.15) is 26.3 Å². The normalized spacial score (nSPS) is 16.1. The van der Waals surface area contributed by atoms with E-state index in [1.165, 1.54) is 35.5 Å². The van der Waals surface area contributed by atoms with E-state index in [1.807, 2.05) is 12.3 Å². The number of carboxylic acids is 2. The fourth-order valence-corrected chi connectivity index (χ4v) is 3.56. The quantitative estimate of drug-likeness (QED) is 0.579. The smallest absolute Gasteiger partial charge is 0.475 e. The molecule has 0 saturated carbocycles. The summed E-state index contributed by atoms with van der Waals surface area (Å²) in [6.07, 6.45) is -0.211. The van der Waals surface area contributed by atoms with Gasteiger partial charge in [-0.1, -0.05) is 0 Å². The first kappa shape index (κ1) is 28.9. The molecule has 1 fully saturated rings. The summed E-state index contributed by atoms with van der Waals surface area (Å²) in [4.78, 5) is 31.9. The van der Waals surface area contributed by atoms with Gasteiger partial charge < -0.3 is 19.5 Å². The molecule has 0 radical (unpaired) electrons. The molecule has 0 aliphatic carbocycles. The zero-order valence-electron chi connectivity index (χ0n) is 18.8. The minimum atomic E-state index is -5.08. The lowest BCUT2D eigenvalue weighted by atomic mass is 10.1. The lowest BCUT2D eigenvalue weighted by Crippen LogP contribution is -2.26. The number of rotatable bonds is 3. The number of halogens is 6. The Balaban J connectivity index is 0.000000271. The molecule has 1 saturated heterocycles. The number of alkyl halides is 6. The zero-order valence-corrected chi connectivity index (χ0v) is 18.8. The third-order valence-electron chi connectivity index (χ3n) is 5.23. The monoisotopic (exact) mass is 526 g/mol. The summed E-state index contributed by atoms with van der Waals surface area (Å²) in [7, 11) is 0. The topological polar surface area (TPSA) is 120 Å². The maximum absolute atomic E-state index is 10.6. The molecule has 2 aliphatic rings. The van der Waals surface area contributed by atoms with E-state index >= 15 is 0 Å². The molecular formula is C21H24F6N4O5. The number of hydrogen-bond donors (Lipinski definition) is 2. The number of nitrogens with zero attached hydrogens (tertiary/aromatic N) is 4. The highest BCUT2D eigenvalue weighted by Crippen LogP contribution is 2.26. The van der Waals surface area contributed by atoms with Crippen LogP contribution in [0.4, 0.5) is 32.2 Å². The SMILES string of the molecule is O=C(O)C(F)(F)F.O=C(O)C(F)(F)F.c1nc2c(c(N3CCCC3)n1)CCN(Cc1ccoc1)CC2. The highest BCUT2D eigenvalue weighted by Gasteiger charge is 2.38. The molecule has 0 unspecified atom stereocenters. The van der Waals surface area contributed by atoms with E-state index < -0.39 is 24.3 Å². The van der Waals surface area contributed by atoms with Crippen LogP contribution in [0.25, 0.3) is 0 Å². The van der Waals surface area contributed by atoms with E-state index in [0.717, 1.165) is 45.6 Å². The minimum Gasteiger partial charge on any atom is -0.475 e. The molecule has 0 bridgehead atoms. The third kappa shape index (κ3) is 9.02. The van der Waals surface area contributed by atoms with Crippen molar-refractivity contribution in [1.82, 2.24) is 14.9 Å². The second kappa shape index (κ2) is 12.6. The van der Waals surface area contributed by atoms with E-state index in [-0.39, 0.29) is 0 Å². The van der Waals surface area contributed by atoms with Gasteiger partial charge in [-0.3, -0.25) is 4.90 Å². The predicted molar refractivity (Wildman–Crippen MR) is 112 cm³/mol. The molecule has 2 aliphatic heterocycles. The Kier molecular flexibility index (Phi) is 10.1. The minimum absolute atomic E-state index is 0.955. The number of aromatic nitrogens is 2. The van der Waals surface area contributed by atoms with Gasteiger partial charge in [0.15, 0.2) is 0 Å². The van der Waals surface area contributed by atoms with Crippen LogP contribution >= 0.6 is 0 Å². The second-order valence-electron chi connectivity index (χ2n) is 7.83. The highest BCUT2D eigenvalue weighted by molar-refractivity contribution is 5.73. The Morgan fingerprint density at radius 1 is 0.917 bits per heavy atom. The summed E-state index contributed by atoms with van der Waals surface area (Å²) < 4.78 is 68.7. The van der Waals surface area contributed by atoms with E-state index in [4.69, 9.17) is 24.2 Å². The molecule has 4 heterocycles. The summed E-state index contributed by atoms with van der Waals surface area (Å²) in [6, 6.07) is 2.05. The van der Waals surface area contributed by atoms with Gasteiger partial charge in [0.1, 0.15) is 12.1 Å². The zero-order chi connectivity index (χ0) is 26.9. The Morgan fingerprint density at radius 2 is 1.47 bits per heavy atom. The lowest BCUT2D eigenvalue weighted by molar-refractivity contribution is -0.193. The summed E-state index contributed by atoms with van der Waals surface area (Å²) in [5.41, 5.74) is 3.86. The van der Waals surface area contributed by atoms with Gasteiger partial charge in [0.05, 0.1) is 18.2 Å². The van der Waals surface area contributed by atoms with Gasteiger partial charge in [0, 0.05) is 50.3 Å². The average Bonchev–Trinajstić information content (AvgIpc) is 3.46. The first-order valence-corrected chi connectivity index (χ1v) is 10.7. The van der Waals surface area contributed by atoms with Crippen LogP contribution in [0.3, 0.4) is 0 Å². The summed E-state index contributed by atoms with van der Waals surface area (Å²) in [5.74, 6) is -4.33. The number of carboxylic acid groups (broad SMARTS) is 2. The van der Waals surface area contributed by atoms with Crippen LogP contribution in [-0.2, 0) is 29.0 Å². The predicted octanol–water partition coefficient (Wildman–Crippen LogP) is 3.54. The van der Waals surface area contributed by atoms with Crippen LogP contribution in [0.1, 0.15) is 29.7 Å². The molecule has 15 heteroatoms. The standard InChI is InChI=1S/C17H22N4O.2C2HF3O2/c1-2-7-21(6-1)17-15-3-8-20(11-14-5-10-22-12-14)9-4-16(15)18-13-19-17;2*3-2(4,5)1(6)7/h5,10,12-13H,1-4,6-9,11H2;2*(H,6,7). The molecule has 9 nitrogen and oxygen atoms in total. The van der Waals surface area contributed by atoms with Gasteiger partial charge in [-0.05, 0) is 25.3 Å². The van der Waals surface area contributed by atoms with E-state index in [2.05, 4.69) is 19.8 Å². The van der Waals surface area contributed by atoms with Crippen molar-refractivity contribution < 1.29 is 50.6 Å². The largest absolute Gasteiger partial charge is 0.490 e. The molecule has 0 spiro atoms. The number of fused-ring (bicyclic) bond motifs is 1. The molecule has 2 aromatic rings. The van der Waals surface area contributed by atoms with Crippen molar-refractivity contribution in [3.63, 3.8) is 0 Å². The van der Waals surface area contributed by atoms with Crippen molar-refractivity contribution in [2.75, 3.05) is 31.1 Å². The van der Waals surface area contributed by atoms with Gasteiger partial charge in [0.25, 0.3) is 0 Å². The molecule has 4 rings (SSSR count). The number of hydrogen-bond acceptors (Lipinski definition) is 7. The molecule has 36 heavy (non-hydrogen) atoms. The molecular weight excluding hydrogens is 502 g/mol. The maximum atomic E-state index is 10.6. The number of aliphatic carboxylic acids is 2. The van der Waals surface area contributed by atoms with Gasteiger partial charge in [-0.15, -0.1) is 0 Å². The summed E-state index contributed by atoms with van der Waals surface area (Å²) >= 11 is 0. The van der Waals surface area contributed by atoms with E-state index in [0.29, 0.717) is 0 Å². The maximum Gasteiger partial charge on any atom is 0.490 e. The first-order valence-electron chi connectivity index (χ1n) is 10.7. The summed E-state index contributed by atoms with van der Waals surface area (Å²) in [6.45, 7) is 5.35. The van der Waals surface area contributed by atoms with Crippen LogP contribution < -0.4 is 4.90 Å². The Morgan fingerprint density at radius 3 is 1.97 bits per heavy atom. The molecule has 0 amide bonds. The van der Waals surface area contributed by atoms with Gasteiger partial charge in [-0.25, -0.2) is 19.6 Å². The Bertz CT molecular complexity index is 968. The molecule has 2 aromatic heterocycles. The fraction of sp³-hybridized carbons (Fsp3) is 0.524. The fourth-order valence-electron chi connectivity index (χ4n) is 3.56. The number of carbonyl (C=O) groups is 2. The van der Waals surface area contributed by atoms with E-state index in [9.17, 15) is 26.3 Å². The third-order valence-corrected chi connectivity index (χ3v) is 5.23.